The standard InChI is InChI=1S/C9H8F2N2O3S/c10-7-4-12-2-1-8(7)13-5-6(3-9(13)14)17(11,15)16/h1-2,4,6H,3,5H2. The van der Waals surface area contributed by atoms with Crippen LogP contribution in [0.2, 0.25) is 0 Å². The summed E-state index contributed by atoms with van der Waals surface area (Å²) in [5, 5.41) is -1.43. The van der Waals surface area contributed by atoms with E-state index in [1.165, 1.54) is 12.3 Å². The van der Waals surface area contributed by atoms with Crippen molar-refractivity contribution in [3.63, 3.8) is 0 Å². The van der Waals surface area contributed by atoms with Crippen LogP contribution in [0, 0.1) is 5.82 Å². The molecule has 1 amide bonds. The van der Waals surface area contributed by atoms with Crippen LogP contribution >= 0.6 is 0 Å². The van der Waals surface area contributed by atoms with Gasteiger partial charge in [0.2, 0.25) is 5.91 Å². The maximum atomic E-state index is 13.3. The van der Waals surface area contributed by atoms with Crippen molar-refractivity contribution >= 4 is 21.8 Å². The molecule has 2 rings (SSSR count). The van der Waals surface area contributed by atoms with E-state index in [9.17, 15) is 21.5 Å². The highest BCUT2D eigenvalue weighted by atomic mass is 32.3. The Hall–Kier alpha value is -1.57. The Kier molecular flexibility index (Phi) is 2.82. The second-order valence-corrected chi connectivity index (χ2v) is 5.25. The average Bonchev–Trinajstić information content (AvgIpc) is 2.61. The molecule has 17 heavy (non-hydrogen) atoms. The number of rotatable bonds is 2. The highest BCUT2D eigenvalue weighted by Crippen LogP contribution is 2.27. The van der Waals surface area contributed by atoms with Crippen LogP contribution in [0.4, 0.5) is 14.0 Å². The Morgan fingerprint density at radius 1 is 1.47 bits per heavy atom. The van der Waals surface area contributed by atoms with E-state index >= 15 is 0 Å². The third-order valence-electron chi connectivity index (χ3n) is 2.53. The van der Waals surface area contributed by atoms with Gasteiger partial charge in [0.05, 0.1) is 11.9 Å². The molecule has 2 heterocycles. The van der Waals surface area contributed by atoms with Crippen LogP contribution in [0.5, 0.6) is 0 Å². The van der Waals surface area contributed by atoms with E-state index < -0.39 is 33.6 Å². The van der Waals surface area contributed by atoms with Gasteiger partial charge in [0.25, 0.3) is 0 Å². The molecule has 0 spiro atoms. The van der Waals surface area contributed by atoms with E-state index in [1.54, 1.807) is 0 Å². The number of carbonyl (C=O) groups is 1. The Morgan fingerprint density at radius 2 is 2.18 bits per heavy atom. The van der Waals surface area contributed by atoms with Gasteiger partial charge in [-0.3, -0.25) is 9.78 Å². The maximum Gasteiger partial charge on any atom is 0.307 e. The molecule has 1 atom stereocenters. The minimum Gasteiger partial charge on any atom is -0.308 e. The summed E-state index contributed by atoms with van der Waals surface area (Å²) in [5.41, 5.74) is -0.0869. The van der Waals surface area contributed by atoms with Gasteiger partial charge in [-0.25, -0.2) is 4.39 Å². The van der Waals surface area contributed by atoms with E-state index in [-0.39, 0.29) is 12.2 Å². The van der Waals surface area contributed by atoms with E-state index in [0.717, 1.165) is 11.1 Å². The highest BCUT2D eigenvalue weighted by molar-refractivity contribution is 7.87. The lowest BCUT2D eigenvalue weighted by atomic mass is 10.3. The van der Waals surface area contributed by atoms with Gasteiger partial charge in [-0.2, -0.15) is 8.42 Å². The molecule has 1 saturated heterocycles. The molecule has 8 heteroatoms. The number of anilines is 1. The normalized spacial score (nSPS) is 20.9. The quantitative estimate of drug-likeness (QED) is 0.733. The number of aromatic nitrogens is 1. The molecule has 1 fully saturated rings. The van der Waals surface area contributed by atoms with Gasteiger partial charge >= 0.3 is 10.2 Å². The lowest BCUT2D eigenvalue weighted by Crippen LogP contribution is -2.27. The average molecular weight is 262 g/mol. The second-order valence-electron chi connectivity index (χ2n) is 3.63. The summed E-state index contributed by atoms with van der Waals surface area (Å²) in [6.45, 7) is -0.376. The molecular formula is C9H8F2N2O3S. The van der Waals surface area contributed by atoms with Gasteiger partial charge in [-0.15, -0.1) is 3.89 Å². The molecule has 0 N–H and O–H groups in total. The van der Waals surface area contributed by atoms with Crippen molar-refractivity contribution in [2.24, 2.45) is 0 Å². The topological polar surface area (TPSA) is 67.3 Å². The molecule has 1 aliphatic heterocycles. The van der Waals surface area contributed by atoms with Crippen LogP contribution in [0.25, 0.3) is 0 Å². The van der Waals surface area contributed by atoms with Crippen molar-refractivity contribution in [2.45, 2.75) is 11.7 Å². The molecule has 0 saturated carbocycles. The number of nitrogens with zero attached hydrogens (tertiary/aromatic N) is 2. The van der Waals surface area contributed by atoms with Crippen LogP contribution < -0.4 is 4.90 Å². The minimum atomic E-state index is -4.79. The molecule has 5 nitrogen and oxygen atoms in total. The third-order valence-corrected chi connectivity index (χ3v) is 3.64. The number of halogens is 2. The fourth-order valence-electron chi connectivity index (χ4n) is 1.68. The molecular weight excluding hydrogens is 254 g/mol. The summed E-state index contributed by atoms with van der Waals surface area (Å²) in [5.74, 6) is -1.38. The maximum absolute atomic E-state index is 13.3. The first-order valence-corrected chi connectivity index (χ1v) is 6.17. The largest absolute Gasteiger partial charge is 0.308 e. The van der Waals surface area contributed by atoms with Crippen LogP contribution in [0.15, 0.2) is 18.5 Å². The van der Waals surface area contributed by atoms with Gasteiger partial charge in [-0.1, -0.05) is 0 Å². The summed E-state index contributed by atoms with van der Waals surface area (Å²) < 4.78 is 47.5. The number of carbonyl (C=O) groups excluding carboxylic acids is 1. The monoisotopic (exact) mass is 262 g/mol. The van der Waals surface area contributed by atoms with Crippen molar-refractivity contribution < 1.29 is 21.5 Å². The molecule has 1 aliphatic rings. The van der Waals surface area contributed by atoms with Crippen molar-refractivity contribution in [2.75, 3.05) is 11.4 Å². The first-order chi connectivity index (χ1) is 7.89. The van der Waals surface area contributed by atoms with E-state index in [4.69, 9.17) is 0 Å². The molecule has 1 aromatic heterocycles. The predicted octanol–water partition coefficient (Wildman–Crippen LogP) is 0.625. The summed E-state index contributed by atoms with van der Waals surface area (Å²) in [6.07, 6.45) is 1.70. The van der Waals surface area contributed by atoms with Crippen LogP contribution in [-0.2, 0) is 15.0 Å². The van der Waals surface area contributed by atoms with Crippen LogP contribution in [0.1, 0.15) is 6.42 Å². The van der Waals surface area contributed by atoms with E-state index in [1.807, 2.05) is 0 Å². The van der Waals surface area contributed by atoms with Crippen LogP contribution in [-0.4, -0.2) is 31.1 Å². The van der Waals surface area contributed by atoms with Crippen molar-refractivity contribution in [1.29, 1.82) is 0 Å². The van der Waals surface area contributed by atoms with Gasteiger partial charge in [-0.05, 0) is 6.07 Å². The number of hydrogen-bond acceptors (Lipinski definition) is 4. The summed E-state index contributed by atoms with van der Waals surface area (Å²) >= 11 is 0. The van der Waals surface area contributed by atoms with E-state index in [2.05, 4.69) is 4.98 Å². The Balaban J connectivity index is 2.31. The highest BCUT2D eigenvalue weighted by Gasteiger charge is 2.39. The fourth-order valence-corrected chi connectivity index (χ4v) is 2.35. The summed E-state index contributed by atoms with van der Waals surface area (Å²) in [4.78, 5) is 15.9. The van der Waals surface area contributed by atoms with Gasteiger partial charge in [0.1, 0.15) is 5.25 Å². The van der Waals surface area contributed by atoms with Gasteiger partial charge in [0.15, 0.2) is 5.82 Å². The smallest absolute Gasteiger partial charge is 0.307 e. The van der Waals surface area contributed by atoms with E-state index in [0.29, 0.717) is 0 Å². The zero-order valence-corrected chi connectivity index (χ0v) is 9.32. The molecule has 1 unspecified atom stereocenters. The molecule has 0 radical (unpaired) electrons. The molecule has 92 valence electrons. The molecule has 0 aromatic carbocycles. The Bertz CT molecular complexity index is 561. The second kappa shape index (κ2) is 4.02. The first kappa shape index (κ1) is 11.9. The van der Waals surface area contributed by atoms with Gasteiger partial charge < -0.3 is 4.90 Å². The van der Waals surface area contributed by atoms with Crippen LogP contribution in [0.3, 0.4) is 0 Å². The fraction of sp³-hybridized carbons (Fsp3) is 0.333. The first-order valence-electron chi connectivity index (χ1n) is 4.73. The Labute approximate surface area is 96.3 Å². The van der Waals surface area contributed by atoms with Gasteiger partial charge in [0, 0.05) is 19.2 Å². The van der Waals surface area contributed by atoms with Crippen molar-refractivity contribution in [1.82, 2.24) is 4.98 Å². The summed E-state index contributed by atoms with van der Waals surface area (Å²) in [7, 11) is -4.79. The molecule has 1 aromatic rings. The predicted molar refractivity (Wildman–Crippen MR) is 55.0 cm³/mol. The SMILES string of the molecule is O=C1CC(S(=O)(=O)F)CN1c1ccncc1F. The summed E-state index contributed by atoms with van der Waals surface area (Å²) in [6, 6.07) is 1.24. The van der Waals surface area contributed by atoms with Crippen molar-refractivity contribution in [3.8, 4) is 0 Å². The minimum absolute atomic E-state index is 0.0869. The zero-order chi connectivity index (χ0) is 12.6. The number of amides is 1. The molecule has 0 bridgehead atoms. The Morgan fingerprint density at radius 3 is 2.71 bits per heavy atom. The third kappa shape index (κ3) is 2.26. The number of pyridine rings is 1. The number of hydrogen-bond donors (Lipinski definition) is 0. The van der Waals surface area contributed by atoms with Crippen molar-refractivity contribution in [3.05, 3.63) is 24.3 Å². The zero-order valence-electron chi connectivity index (χ0n) is 8.51. The lowest BCUT2D eigenvalue weighted by molar-refractivity contribution is -0.117. The molecule has 0 aliphatic carbocycles. The lowest BCUT2D eigenvalue weighted by Gasteiger charge is -2.16.